The second-order valence-corrected chi connectivity index (χ2v) is 3.77. The number of aliphatic carboxylic acids is 2. The Morgan fingerprint density at radius 2 is 1.53 bits per heavy atom. The molecule has 1 rings (SSSR count). The highest BCUT2D eigenvalue weighted by Crippen LogP contribution is 2.17. The minimum atomic E-state index is -1.35. The van der Waals surface area contributed by atoms with E-state index in [1.807, 2.05) is 0 Å². The molecule has 5 atom stereocenters. The van der Waals surface area contributed by atoms with E-state index in [0.29, 0.717) is 0 Å². The van der Waals surface area contributed by atoms with Crippen LogP contribution in [-0.2, 0) is 14.3 Å². The molecule has 1 fully saturated rings. The predicted molar refractivity (Wildman–Crippen MR) is 57.8 cm³/mol. The van der Waals surface area contributed by atoms with Crippen molar-refractivity contribution in [3.8, 4) is 0 Å². The summed E-state index contributed by atoms with van der Waals surface area (Å²) in [6, 6.07) is -1.04. The molecule has 10 nitrogen and oxygen atoms in total. The number of nitrogens with two attached hydrogens (primary N) is 1. The lowest BCUT2D eigenvalue weighted by atomic mass is 9.98. The van der Waals surface area contributed by atoms with Crippen LogP contribution < -0.4 is 5.73 Å². The summed E-state index contributed by atoms with van der Waals surface area (Å²) in [7, 11) is 0. The summed E-state index contributed by atoms with van der Waals surface area (Å²) in [6.45, 7) is -0.470. The van der Waals surface area contributed by atoms with Crippen LogP contribution in [0.25, 0.3) is 0 Å². The van der Waals surface area contributed by atoms with E-state index < -0.39 is 55.6 Å². The van der Waals surface area contributed by atoms with Crippen molar-refractivity contribution >= 4 is 11.9 Å². The number of carboxylic acid groups (broad SMARTS) is 2. The van der Waals surface area contributed by atoms with E-state index in [2.05, 4.69) is 0 Å². The molecule has 0 aromatic heterocycles. The Bertz CT molecular complexity index is 293. The molecule has 8 N–H and O–H groups in total. The molecule has 1 saturated heterocycles. The summed E-state index contributed by atoms with van der Waals surface area (Å²) < 4.78 is 4.70. The van der Waals surface area contributed by atoms with E-state index in [9.17, 15) is 19.8 Å². The second kappa shape index (κ2) is 7.99. The molecule has 0 amide bonds. The van der Waals surface area contributed by atoms with Crippen LogP contribution in [0.4, 0.5) is 0 Å². The van der Waals surface area contributed by atoms with Crippen molar-refractivity contribution < 1.29 is 45.0 Å². The van der Waals surface area contributed by atoms with Crippen molar-refractivity contribution in [2.45, 2.75) is 37.1 Å². The van der Waals surface area contributed by atoms with Gasteiger partial charge in [0.1, 0.15) is 24.7 Å². The molecule has 19 heavy (non-hydrogen) atoms. The Morgan fingerprint density at radius 1 is 1.05 bits per heavy atom. The van der Waals surface area contributed by atoms with E-state index in [-0.39, 0.29) is 0 Å². The van der Waals surface area contributed by atoms with Crippen molar-refractivity contribution in [2.75, 3.05) is 6.61 Å². The number of rotatable bonds is 3. The molecule has 0 bridgehead atoms. The zero-order valence-corrected chi connectivity index (χ0v) is 9.79. The minimum Gasteiger partial charge on any atom is -0.481 e. The van der Waals surface area contributed by atoms with Crippen LogP contribution in [-0.4, -0.2) is 79.8 Å². The van der Waals surface area contributed by atoms with Crippen LogP contribution in [0.2, 0.25) is 0 Å². The first-order valence-corrected chi connectivity index (χ1v) is 5.20. The Balaban J connectivity index is 0.000000399. The summed E-state index contributed by atoms with van der Waals surface area (Å²) >= 11 is 0. The first kappa shape index (κ1) is 17.7. The van der Waals surface area contributed by atoms with Crippen LogP contribution in [0.5, 0.6) is 0 Å². The fourth-order valence-corrected chi connectivity index (χ4v) is 1.25. The highest BCUT2D eigenvalue weighted by molar-refractivity contribution is 5.88. The van der Waals surface area contributed by atoms with Crippen LogP contribution in [0.15, 0.2) is 0 Å². The van der Waals surface area contributed by atoms with Crippen molar-refractivity contribution in [3.05, 3.63) is 0 Å². The summed E-state index contributed by atoms with van der Waals surface area (Å²) in [5.41, 5.74) is 5.26. The third-order valence-corrected chi connectivity index (χ3v) is 2.25. The second-order valence-electron chi connectivity index (χ2n) is 3.77. The lowest BCUT2D eigenvalue weighted by Gasteiger charge is -2.38. The topological polar surface area (TPSA) is 191 Å². The number of carboxylic acids is 2. The van der Waals surface area contributed by atoms with Gasteiger partial charge in [0.2, 0.25) is 0 Å². The quantitative estimate of drug-likeness (QED) is 0.253. The van der Waals surface area contributed by atoms with E-state index >= 15 is 0 Å². The van der Waals surface area contributed by atoms with E-state index in [1.165, 1.54) is 0 Å². The first-order chi connectivity index (χ1) is 8.70. The van der Waals surface area contributed by atoms with Gasteiger partial charge in [0, 0.05) is 0 Å². The maximum absolute atomic E-state index is 9.43. The molecule has 0 radical (unpaired) electrons. The lowest BCUT2D eigenvalue weighted by Crippen LogP contribution is -2.61. The molecule has 0 saturated carbocycles. The molecule has 112 valence electrons. The first-order valence-electron chi connectivity index (χ1n) is 5.20. The number of aliphatic hydroxyl groups is 4. The van der Waals surface area contributed by atoms with Gasteiger partial charge in [-0.1, -0.05) is 0 Å². The number of carbonyl (C=O) groups is 2. The van der Waals surface area contributed by atoms with Gasteiger partial charge in [-0.2, -0.15) is 0 Å². The molecule has 0 aliphatic carbocycles. The third-order valence-electron chi connectivity index (χ3n) is 2.25. The fourth-order valence-electron chi connectivity index (χ4n) is 1.25. The van der Waals surface area contributed by atoms with Crippen molar-refractivity contribution in [2.24, 2.45) is 5.73 Å². The van der Waals surface area contributed by atoms with Crippen molar-refractivity contribution in [3.63, 3.8) is 0 Å². The molecule has 1 aliphatic heterocycles. The zero-order chi connectivity index (χ0) is 15.2. The third kappa shape index (κ3) is 5.92. The van der Waals surface area contributed by atoms with Gasteiger partial charge in [-0.3, -0.25) is 9.59 Å². The standard InChI is InChI=1S/C6H13NO5.C3H4O4/c7-3-5(10)4(9)2(1-8)12-6(3)11;4-2(5)1-3(6)7/h2-6,8-11H,1,7H2;1H2,(H,4,5)(H,6,7)/t2-,3-,4-,5-,6-;/m1./s1. The summed E-state index contributed by atoms with van der Waals surface area (Å²) in [5, 5.41) is 51.5. The molecular formula is C9H17NO9. The SMILES string of the molecule is N[C@@H]1[C@@H](O)[C@H](O)[C@@H](CO)O[C@H]1O.O=C(O)CC(=O)O. The number of hydrogen-bond donors (Lipinski definition) is 7. The fraction of sp³-hybridized carbons (Fsp3) is 0.778. The molecular weight excluding hydrogens is 266 g/mol. The Morgan fingerprint density at radius 3 is 1.84 bits per heavy atom. The number of aliphatic hydroxyl groups excluding tert-OH is 4. The van der Waals surface area contributed by atoms with Gasteiger partial charge in [-0.15, -0.1) is 0 Å². The normalized spacial score (nSPS) is 34.1. The van der Waals surface area contributed by atoms with Crippen molar-refractivity contribution in [1.29, 1.82) is 0 Å². The van der Waals surface area contributed by atoms with Crippen LogP contribution in [0.1, 0.15) is 6.42 Å². The Kier molecular flexibility index (Phi) is 7.44. The maximum atomic E-state index is 9.43. The Hall–Kier alpha value is -1.30. The minimum absolute atomic E-state index is 0.470. The van der Waals surface area contributed by atoms with Crippen LogP contribution in [0, 0.1) is 0 Å². The number of hydrogen-bond acceptors (Lipinski definition) is 8. The van der Waals surface area contributed by atoms with Gasteiger partial charge >= 0.3 is 11.9 Å². The summed E-state index contributed by atoms with van der Waals surface area (Å²) in [6.07, 6.45) is -5.66. The largest absolute Gasteiger partial charge is 0.481 e. The number of ether oxygens (including phenoxy) is 1. The van der Waals surface area contributed by atoms with Crippen LogP contribution in [0.3, 0.4) is 0 Å². The molecule has 0 unspecified atom stereocenters. The van der Waals surface area contributed by atoms with Gasteiger partial charge in [-0.25, -0.2) is 0 Å². The molecule has 1 aliphatic rings. The van der Waals surface area contributed by atoms with E-state index in [1.54, 1.807) is 0 Å². The molecule has 10 heteroatoms. The van der Waals surface area contributed by atoms with Gasteiger partial charge in [0.05, 0.1) is 12.6 Å². The molecule has 0 spiro atoms. The van der Waals surface area contributed by atoms with E-state index in [4.69, 9.17) is 30.9 Å². The monoisotopic (exact) mass is 283 g/mol. The molecule has 0 aromatic rings. The highest BCUT2D eigenvalue weighted by atomic mass is 16.6. The maximum Gasteiger partial charge on any atom is 0.314 e. The summed E-state index contributed by atoms with van der Waals surface area (Å²) in [4.78, 5) is 18.9. The van der Waals surface area contributed by atoms with Crippen molar-refractivity contribution in [1.82, 2.24) is 0 Å². The van der Waals surface area contributed by atoms with E-state index in [0.717, 1.165) is 0 Å². The average molecular weight is 283 g/mol. The van der Waals surface area contributed by atoms with Gasteiger partial charge in [0.15, 0.2) is 6.29 Å². The molecule has 0 aromatic carbocycles. The predicted octanol–water partition coefficient (Wildman–Crippen LogP) is -3.71. The van der Waals surface area contributed by atoms with Gasteiger partial charge in [-0.05, 0) is 0 Å². The highest BCUT2D eigenvalue weighted by Gasteiger charge is 2.41. The van der Waals surface area contributed by atoms with Gasteiger partial charge < -0.3 is 41.1 Å². The van der Waals surface area contributed by atoms with Crippen LogP contribution >= 0.6 is 0 Å². The average Bonchev–Trinajstić information content (AvgIpc) is 2.30. The van der Waals surface area contributed by atoms with Gasteiger partial charge in [0.25, 0.3) is 0 Å². The zero-order valence-electron chi connectivity index (χ0n) is 9.79. The molecule has 1 heterocycles. The smallest absolute Gasteiger partial charge is 0.314 e. The lowest BCUT2D eigenvalue weighted by molar-refractivity contribution is -0.248. The Labute approximate surface area is 107 Å². The summed E-state index contributed by atoms with van der Waals surface area (Å²) in [5.74, 6) is -2.62.